The van der Waals surface area contributed by atoms with Crippen LogP contribution in [-0.2, 0) is 11.2 Å². The lowest BCUT2D eigenvalue weighted by Gasteiger charge is -2.28. The molecule has 2 aromatic heterocycles. The van der Waals surface area contributed by atoms with Gasteiger partial charge in [0.15, 0.2) is 0 Å². The van der Waals surface area contributed by atoms with Crippen molar-refractivity contribution in [3.05, 3.63) is 48.0 Å². The third-order valence-corrected chi connectivity index (χ3v) is 4.95. The number of hydrogen-bond donors (Lipinski definition) is 0. The lowest BCUT2D eigenvalue weighted by molar-refractivity contribution is 0.0406. The van der Waals surface area contributed by atoms with Crippen molar-refractivity contribution < 1.29 is 4.74 Å². The van der Waals surface area contributed by atoms with Crippen molar-refractivity contribution in [3.8, 4) is 0 Å². The highest BCUT2D eigenvalue weighted by Crippen LogP contribution is 2.32. The van der Waals surface area contributed by atoms with Crippen molar-refractivity contribution >= 4 is 5.95 Å². The summed E-state index contributed by atoms with van der Waals surface area (Å²) < 4.78 is 6.27. The van der Waals surface area contributed by atoms with E-state index < -0.39 is 0 Å². The fourth-order valence-electron chi connectivity index (χ4n) is 3.35. The third-order valence-electron chi connectivity index (χ3n) is 4.95. The molecule has 1 aliphatic heterocycles. The molecule has 2 aliphatic rings. The van der Waals surface area contributed by atoms with E-state index in [1.165, 1.54) is 18.4 Å². The van der Waals surface area contributed by atoms with Gasteiger partial charge in [0.2, 0.25) is 5.95 Å². The number of aromatic nitrogens is 3. The van der Waals surface area contributed by atoms with Crippen LogP contribution in [0.2, 0.25) is 0 Å². The molecule has 5 heteroatoms. The number of anilines is 1. The van der Waals surface area contributed by atoms with E-state index in [-0.39, 0.29) is 12.1 Å². The Morgan fingerprint density at radius 3 is 2.58 bits per heavy atom. The fourth-order valence-corrected chi connectivity index (χ4v) is 3.35. The first-order chi connectivity index (χ1) is 11.8. The smallest absolute Gasteiger partial charge is 0.225 e. The Morgan fingerprint density at radius 1 is 1.12 bits per heavy atom. The van der Waals surface area contributed by atoms with Crippen LogP contribution in [0.25, 0.3) is 0 Å². The van der Waals surface area contributed by atoms with Gasteiger partial charge in [0.25, 0.3) is 0 Å². The Morgan fingerprint density at radius 2 is 1.88 bits per heavy atom. The number of ether oxygens (including phenoxy) is 1. The number of rotatable bonds is 6. The molecular formula is C19H24N4O. The predicted molar refractivity (Wildman–Crippen MR) is 92.9 cm³/mol. The monoisotopic (exact) mass is 324 g/mol. The second-order valence-electron chi connectivity index (χ2n) is 6.98. The Balaban J connectivity index is 1.53. The first-order valence-corrected chi connectivity index (χ1v) is 8.85. The summed E-state index contributed by atoms with van der Waals surface area (Å²) in [6.07, 6.45) is 12.4. The maximum Gasteiger partial charge on any atom is 0.225 e. The summed E-state index contributed by atoms with van der Waals surface area (Å²) >= 11 is 0. The lowest BCUT2D eigenvalue weighted by Crippen LogP contribution is -2.39. The van der Waals surface area contributed by atoms with E-state index in [0.717, 1.165) is 43.4 Å². The van der Waals surface area contributed by atoms with E-state index in [1.807, 2.05) is 31.7 Å². The molecule has 126 valence electrons. The molecule has 4 rings (SSSR count). The summed E-state index contributed by atoms with van der Waals surface area (Å²) in [7, 11) is 0. The second kappa shape index (κ2) is 6.85. The highest BCUT2D eigenvalue weighted by molar-refractivity contribution is 5.36. The molecule has 3 heterocycles. The normalized spacial score (nSPS) is 23.6. The zero-order chi connectivity index (χ0) is 16.4. The third kappa shape index (κ3) is 3.56. The van der Waals surface area contributed by atoms with Crippen LogP contribution in [0.5, 0.6) is 0 Å². The Labute approximate surface area is 143 Å². The quantitative estimate of drug-likeness (QED) is 0.818. The predicted octanol–water partition coefficient (Wildman–Crippen LogP) is 2.80. The molecule has 0 amide bonds. The molecular weight excluding hydrogens is 300 g/mol. The van der Waals surface area contributed by atoms with Gasteiger partial charge < -0.3 is 9.64 Å². The molecule has 0 N–H and O–H groups in total. The molecule has 0 unspecified atom stereocenters. The Bertz CT molecular complexity index is 657. The standard InChI is InChI=1S/C19H24N4O/c1-14-11-21-19(22-12-14)23-9-6-18(24-13-16-2-3-16)17(23)10-15-4-7-20-8-5-15/h4-5,7-8,11-12,16-18H,2-3,6,9-10,13H2,1H3/t17-,18+/m0/s1. The number of pyridine rings is 1. The maximum absolute atomic E-state index is 6.27. The summed E-state index contributed by atoms with van der Waals surface area (Å²) in [6, 6.07) is 4.46. The summed E-state index contributed by atoms with van der Waals surface area (Å²) in [6.45, 7) is 3.87. The van der Waals surface area contributed by atoms with E-state index in [9.17, 15) is 0 Å². The van der Waals surface area contributed by atoms with Gasteiger partial charge in [-0.3, -0.25) is 4.98 Å². The number of aryl methyl sites for hydroxylation is 1. The van der Waals surface area contributed by atoms with Gasteiger partial charge in [0, 0.05) is 37.9 Å². The molecule has 1 saturated carbocycles. The summed E-state index contributed by atoms with van der Waals surface area (Å²) in [4.78, 5) is 15.5. The summed E-state index contributed by atoms with van der Waals surface area (Å²) in [5.74, 6) is 1.61. The SMILES string of the molecule is Cc1cnc(N2CC[C@@H](OCC3CC3)[C@@H]2Cc2ccncc2)nc1. The van der Waals surface area contributed by atoms with Crippen molar-refractivity contribution in [1.29, 1.82) is 0 Å². The van der Waals surface area contributed by atoms with Crippen molar-refractivity contribution in [2.75, 3.05) is 18.1 Å². The molecule has 24 heavy (non-hydrogen) atoms. The first-order valence-electron chi connectivity index (χ1n) is 8.85. The molecule has 2 atom stereocenters. The molecule has 1 aliphatic carbocycles. The molecule has 2 aromatic rings. The zero-order valence-electron chi connectivity index (χ0n) is 14.1. The molecule has 1 saturated heterocycles. The van der Waals surface area contributed by atoms with Crippen LogP contribution in [0.1, 0.15) is 30.4 Å². The van der Waals surface area contributed by atoms with E-state index >= 15 is 0 Å². The van der Waals surface area contributed by atoms with Gasteiger partial charge in [-0.1, -0.05) is 0 Å². The van der Waals surface area contributed by atoms with Gasteiger partial charge in [-0.25, -0.2) is 9.97 Å². The lowest BCUT2D eigenvalue weighted by atomic mass is 10.0. The van der Waals surface area contributed by atoms with Gasteiger partial charge >= 0.3 is 0 Å². The average Bonchev–Trinajstić information content (AvgIpc) is 3.36. The Hall–Kier alpha value is -2.01. The molecule has 0 spiro atoms. The molecule has 0 radical (unpaired) electrons. The van der Waals surface area contributed by atoms with Crippen LogP contribution in [0.3, 0.4) is 0 Å². The van der Waals surface area contributed by atoms with Gasteiger partial charge in [0.1, 0.15) is 0 Å². The highest BCUT2D eigenvalue weighted by atomic mass is 16.5. The molecule has 0 aromatic carbocycles. The van der Waals surface area contributed by atoms with Crippen LogP contribution in [0, 0.1) is 12.8 Å². The average molecular weight is 324 g/mol. The van der Waals surface area contributed by atoms with Gasteiger partial charge in [-0.2, -0.15) is 0 Å². The van der Waals surface area contributed by atoms with Crippen molar-refractivity contribution in [2.45, 2.75) is 44.8 Å². The minimum Gasteiger partial charge on any atom is -0.376 e. The fraction of sp³-hybridized carbons (Fsp3) is 0.526. The van der Waals surface area contributed by atoms with Crippen LogP contribution in [0.4, 0.5) is 5.95 Å². The van der Waals surface area contributed by atoms with Gasteiger partial charge in [-0.05, 0) is 61.8 Å². The summed E-state index contributed by atoms with van der Waals surface area (Å²) in [5, 5.41) is 0. The highest BCUT2D eigenvalue weighted by Gasteiger charge is 2.37. The van der Waals surface area contributed by atoms with Gasteiger partial charge in [0.05, 0.1) is 12.1 Å². The molecule has 2 fully saturated rings. The number of hydrogen-bond acceptors (Lipinski definition) is 5. The largest absolute Gasteiger partial charge is 0.376 e. The van der Waals surface area contributed by atoms with Crippen molar-refractivity contribution in [2.24, 2.45) is 5.92 Å². The van der Waals surface area contributed by atoms with Crippen LogP contribution < -0.4 is 4.90 Å². The van der Waals surface area contributed by atoms with Crippen molar-refractivity contribution in [3.63, 3.8) is 0 Å². The van der Waals surface area contributed by atoms with Gasteiger partial charge in [-0.15, -0.1) is 0 Å². The van der Waals surface area contributed by atoms with Crippen molar-refractivity contribution in [1.82, 2.24) is 15.0 Å². The topological polar surface area (TPSA) is 51.1 Å². The first kappa shape index (κ1) is 15.5. The molecule has 0 bridgehead atoms. The minimum atomic E-state index is 0.253. The van der Waals surface area contributed by atoms with E-state index in [1.54, 1.807) is 0 Å². The molecule has 5 nitrogen and oxygen atoms in total. The second-order valence-corrected chi connectivity index (χ2v) is 6.98. The maximum atomic E-state index is 6.27. The van der Waals surface area contributed by atoms with E-state index in [4.69, 9.17) is 4.74 Å². The van der Waals surface area contributed by atoms with E-state index in [2.05, 4.69) is 32.0 Å². The Kier molecular flexibility index (Phi) is 4.43. The van der Waals surface area contributed by atoms with Crippen LogP contribution >= 0.6 is 0 Å². The zero-order valence-corrected chi connectivity index (χ0v) is 14.1. The number of nitrogens with zero attached hydrogens (tertiary/aromatic N) is 4. The van der Waals surface area contributed by atoms with E-state index in [0.29, 0.717) is 0 Å². The van der Waals surface area contributed by atoms with Crippen LogP contribution in [-0.4, -0.2) is 40.2 Å². The summed E-state index contributed by atoms with van der Waals surface area (Å²) in [5.41, 5.74) is 2.37. The minimum absolute atomic E-state index is 0.253. The van der Waals surface area contributed by atoms with Crippen LogP contribution in [0.15, 0.2) is 36.9 Å².